The summed E-state index contributed by atoms with van der Waals surface area (Å²) in [6.07, 6.45) is -0.309. The first-order chi connectivity index (χ1) is 9.40. The lowest BCUT2D eigenvalue weighted by molar-refractivity contribution is -0.384. The average molecular weight is 283 g/mol. The zero-order valence-corrected chi connectivity index (χ0v) is 11.6. The number of ether oxygens (including phenoxy) is 3. The fourth-order valence-corrected chi connectivity index (χ4v) is 1.46. The number of nitro benzene ring substituents is 1. The largest absolute Gasteiger partial charge is 0.514 e. The highest BCUT2D eigenvalue weighted by Gasteiger charge is 2.28. The first-order valence-electron chi connectivity index (χ1n) is 6.04. The quantitative estimate of drug-likeness (QED) is 0.345. The highest BCUT2D eigenvalue weighted by Crippen LogP contribution is 2.20. The third kappa shape index (κ3) is 4.51. The molecule has 0 fully saturated rings. The summed E-state index contributed by atoms with van der Waals surface area (Å²) in [5, 5.41) is 10.5. The van der Waals surface area contributed by atoms with Gasteiger partial charge in [-0.25, -0.2) is 4.79 Å². The van der Waals surface area contributed by atoms with Crippen LogP contribution < -0.4 is 4.74 Å². The topological polar surface area (TPSA) is 87.9 Å². The van der Waals surface area contributed by atoms with E-state index >= 15 is 0 Å². The van der Waals surface area contributed by atoms with Crippen molar-refractivity contribution in [2.45, 2.75) is 25.9 Å². The SMILES string of the molecule is CCC(C)(COC)OC(=O)Oc1ccc([N+](=O)[O-])cc1. The van der Waals surface area contributed by atoms with E-state index in [0.29, 0.717) is 6.42 Å². The summed E-state index contributed by atoms with van der Waals surface area (Å²) in [5.74, 6) is 0.177. The molecule has 7 heteroatoms. The van der Waals surface area contributed by atoms with Crippen molar-refractivity contribution in [3.8, 4) is 5.75 Å². The van der Waals surface area contributed by atoms with Crippen LogP contribution in [-0.2, 0) is 9.47 Å². The van der Waals surface area contributed by atoms with E-state index < -0.39 is 16.7 Å². The number of hydrogen-bond donors (Lipinski definition) is 0. The predicted octanol–water partition coefficient (Wildman–Crippen LogP) is 2.93. The van der Waals surface area contributed by atoms with Gasteiger partial charge in [0, 0.05) is 19.2 Å². The van der Waals surface area contributed by atoms with Gasteiger partial charge in [0.05, 0.1) is 11.5 Å². The second-order valence-corrected chi connectivity index (χ2v) is 4.44. The molecule has 0 aromatic heterocycles. The zero-order valence-electron chi connectivity index (χ0n) is 11.6. The fraction of sp³-hybridized carbons (Fsp3) is 0.462. The van der Waals surface area contributed by atoms with Gasteiger partial charge >= 0.3 is 6.16 Å². The van der Waals surface area contributed by atoms with Crippen LogP contribution in [0, 0.1) is 10.1 Å². The number of rotatable bonds is 6. The lowest BCUT2D eigenvalue weighted by atomic mass is 10.1. The molecule has 0 heterocycles. The molecule has 0 aliphatic rings. The summed E-state index contributed by atoms with van der Waals surface area (Å²) in [6.45, 7) is 3.84. The Balaban J connectivity index is 2.64. The summed E-state index contributed by atoms with van der Waals surface area (Å²) < 4.78 is 15.1. The second-order valence-electron chi connectivity index (χ2n) is 4.44. The molecule has 1 unspecified atom stereocenters. The molecule has 1 aromatic carbocycles. The first-order valence-corrected chi connectivity index (χ1v) is 6.04. The molecule has 0 aliphatic heterocycles. The maximum absolute atomic E-state index is 11.6. The van der Waals surface area contributed by atoms with E-state index in [9.17, 15) is 14.9 Å². The van der Waals surface area contributed by atoms with Gasteiger partial charge in [0.1, 0.15) is 11.4 Å². The highest BCUT2D eigenvalue weighted by atomic mass is 16.7. The van der Waals surface area contributed by atoms with Crippen LogP contribution in [0.3, 0.4) is 0 Å². The minimum absolute atomic E-state index is 0.0801. The van der Waals surface area contributed by atoms with Crippen molar-refractivity contribution in [3.05, 3.63) is 34.4 Å². The molecule has 1 aromatic rings. The van der Waals surface area contributed by atoms with Gasteiger partial charge in [-0.3, -0.25) is 10.1 Å². The van der Waals surface area contributed by atoms with Crippen LogP contribution >= 0.6 is 0 Å². The van der Waals surface area contributed by atoms with Gasteiger partial charge in [0.2, 0.25) is 0 Å². The lowest BCUT2D eigenvalue weighted by Crippen LogP contribution is -2.36. The molecule has 0 N–H and O–H groups in total. The molecule has 110 valence electrons. The average Bonchev–Trinajstić information content (AvgIpc) is 2.39. The van der Waals surface area contributed by atoms with Gasteiger partial charge in [0.25, 0.3) is 5.69 Å². The van der Waals surface area contributed by atoms with Gasteiger partial charge in [-0.15, -0.1) is 0 Å². The van der Waals surface area contributed by atoms with Crippen molar-refractivity contribution in [1.29, 1.82) is 0 Å². The number of non-ortho nitro benzene ring substituents is 1. The predicted molar refractivity (Wildman–Crippen MR) is 70.8 cm³/mol. The Kier molecular flexibility index (Phi) is 5.45. The van der Waals surface area contributed by atoms with Crippen molar-refractivity contribution in [3.63, 3.8) is 0 Å². The smallest absolute Gasteiger partial charge is 0.425 e. The minimum atomic E-state index is -0.875. The number of carbonyl (C=O) groups is 1. The maximum Gasteiger partial charge on any atom is 0.514 e. The van der Waals surface area contributed by atoms with E-state index in [1.54, 1.807) is 6.92 Å². The zero-order chi connectivity index (χ0) is 15.2. The summed E-state index contributed by atoms with van der Waals surface area (Å²) in [7, 11) is 1.51. The molecule has 7 nitrogen and oxygen atoms in total. The second kappa shape index (κ2) is 6.85. The molecular formula is C13H17NO6. The van der Waals surface area contributed by atoms with E-state index in [1.807, 2.05) is 6.92 Å². The molecule has 0 saturated heterocycles. The molecule has 0 spiro atoms. The van der Waals surface area contributed by atoms with E-state index in [-0.39, 0.29) is 18.0 Å². The molecule has 20 heavy (non-hydrogen) atoms. The Hall–Kier alpha value is -2.15. The Morgan fingerprint density at radius 1 is 1.35 bits per heavy atom. The van der Waals surface area contributed by atoms with E-state index in [1.165, 1.54) is 31.4 Å². The van der Waals surface area contributed by atoms with Crippen LogP contribution in [0.15, 0.2) is 24.3 Å². The molecule has 1 rings (SSSR count). The molecule has 1 atom stereocenters. The van der Waals surface area contributed by atoms with Crippen molar-refractivity contribution in [1.82, 2.24) is 0 Å². The van der Waals surface area contributed by atoms with Crippen molar-refractivity contribution in [2.75, 3.05) is 13.7 Å². The fourth-order valence-electron chi connectivity index (χ4n) is 1.46. The highest BCUT2D eigenvalue weighted by molar-refractivity contribution is 5.64. The maximum atomic E-state index is 11.6. The molecule has 0 bridgehead atoms. The minimum Gasteiger partial charge on any atom is -0.425 e. The Morgan fingerprint density at radius 2 is 1.95 bits per heavy atom. The third-order valence-corrected chi connectivity index (χ3v) is 2.78. The van der Waals surface area contributed by atoms with E-state index in [4.69, 9.17) is 14.2 Å². The third-order valence-electron chi connectivity index (χ3n) is 2.78. The summed E-state index contributed by atoms with van der Waals surface area (Å²) in [5.41, 5.74) is -0.851. The van der Waals surface area contributed by atoms with E-state index in [0.717, 1.165) is 0 Å². The van der Waals surface area contributed by atoms with Gasteiger partial charge in [-0.2, -0.15) is 0 Å². The lowest BCUT2D eigenvalue weighted by Gasteiger charge is -2.26. The molecular weight excluding hydrogens is 266 g/mol. The Morgan fingerprint density at radius 3 is 2.40 bits per heavy atom. The van der Waals surface area contributed by atoms with Gasteiger partial charge in [-0.05, 0) is 25.5 Å². The van der Waals surface area contributed by atoms with Crippen molar-refractivity contribution >= 4 is 11.8 Å². The Labute approximate surface area is 116 Å². The number of nitrogens with zero attached hydrogens (tertiary/aromatic N) is 1. The molecule has 0 saturated carbocycles. The monoisotopic (exact) mass is 283 g/mol. The molecule has 0 amide bonds. The standard InChI is InChI=1S/C13H17NO6/c1-4-13(2,9-18-3)20-12(15)19-11-7-5-10(6-8-11)14(16)17/h5-8H,4,9H2,1-3H3. The van der Waals surface area contributed by atoms with Crippen LogP contribution in [0.5, 0.6) is 5.75 Å². The van der Waals surface area contributed by atoms with Gasteiger partial charge in [-0.1, -0.05) is 6.92 Å². The van der Waals surface area contributed by atoms with Crippen LogP contribution in [0.2, 0.25) is 0 Å². The van der Waals surface area contributed by atoms with Crippen molar-refractivity contribution in [2.24, 2.45) is 0 Å². The van der Waals surface area contributed by atoms with Crippen molar-refractivity contribution < 1.29 is 23.9 Å². The number of hydrogen-bond acceptors (Lipinski definition) is 6. The van der Waals surface area contributed by atoms with Gasteiger partial charge in [0.15, 0.2) is 0 Å². The summed E-state index contributed by atoms with van der Waals surface area (Å²) >= 11 is 0. The van der Waals surface area contributed by atoms with Crippen LogP contribution in [0.1, 0.15) is 20.3 Å². The number of nitro groups is 1. The number of methoxy groups -OCH3 is 1. The van der Waals surface area contributed by atoms with Gasteiger partial charge < -0.3 is 14.2 Å². The first kappa shape index (κ1) is 15.9. The molecule has 0 aliphatic carbocycles. The summed E-state index contributed by atoms with van der Waals surface area (Å²) in [6, 6.07) is 5.16. The number of benzene rings is 1. The van der Waals surface area contributed by atoms with Crippen LogP contribution in [-0.4, -0.2) is 30.4 Å². The Bertz CT molecular complexity index is 472. The summed E-state index contributed by atoms with van der Waals surface area (Å²) in [4.78, 5) is 21.6. The van der Waals surface area contributed by atoms with Crippen LogP contribution in [0.25, 0.3) is 0 Å². The van der Waals surface area contributed by atoms with E-state index in [2.05, 4.69) is 0 Å². The normalized spacial score (nSPS) is 13.3. The number of carbonyl (C=O) groups excluding carboxylic acids is 1. The molecule has 0 radical (unpaired) electrons. The van der Waals surface area contributed by atoms with Crippen LogP contribution in [0.4, 0.5) is 10.5 Å².